The molecule has 0 spiro atoms. The number of benzene rings is 1. The smallest absolute Gasteiger partial charge is 0.318 e. The summed E-state index contributed by atoms with van der Waals surface area (Å²) in [5, 5.41) is 10.2. The van der Waals surface area contributed by atoms with E-state index in [4.69, 9.17) is 15.5 Å². The minimum atomic E-state index is 0.338. The second kappa shape index (κ2) is 8.91. The minimum absolute atomic E-state index is 0.338. The molecule has 0 atom stereocenters. The van der Waals surface area contributed by atoms with E-state index in [1.807, 2.05) is 12.1 Å². The van der Waals surface area contributed by atoms with Gasteiger partial charge >= 0.3 is 6.01 Å². The van der Waals surface area contributed by atoms with Gasteiger partial charge in [0.25, 0.3) is 0 Å². The van der Waals surface area contributed by atoms with Gasteiger partial charge in [0, 0.05) is 30.4 Å². The third-order valence-electron chi connectivity index (χ3n) is 6.71. The summed E-state index contributed by atoms with van der Waals surface area (Å²) in [5.41, 5.74) is 10.5. The summed E-state index contributed by atoms with van der Waals surface area (Å²) in [6.07, 6.45) is 8.18. The van der Waals surface area contributed by atoms with Gasteiger partial charge in [-0.1, -0.05) is 6.42 Å². The Hall–Kier alpha value is -2.54. The second-order valence-corrected chi connectivity index (χ2v) is 9.15. The topological polar surface area (TPSA) is 87.7 Å². The number of fused-ring (bicyclic) bond motifs is 1. The van der Waals surface area contributed by atoms with Crippen LogP contribution in [-0.2, 0) is 13.0 Å². The molecule has 0 unspecified atom stereocenters. The Morgan fingerprint density at radius 1 is 1.06 bits per heavy atom. The summed E-state index contributed by atoms with van der Waals surface area (Å²) < 4.78 is 5.88. The van der Waals surface area contributed by atoms with Crippen molar-refractivity contribution in [2.75, 3.05) is 43.4 Å². The standard InChI is InChI=1S/C24H33N5O2/c25-23-21-7-11-29(19-13-18(17-5-6-17)14-20(30)15-19)16-22(21)26-24(27-23)31-12-4-10-28-8-2-1-3-9-28/h13-15,17,30H,1-12,16H2,(H2,25,26,27). The van der Waals surface area contributed by atoms with E-state index >= 15 is 0 Å². The third kappa shape index (κ3) is 4.87. The number of hydrogen-bond donors (Lipinski definition) is 2. The van der Waals surface area contributed by atoms with Gasteiger partial charge in [0.15, 0.2) is 0 Å². The fourth-order valence-electron chi connectivity index (χ4n) is 4.81. The Morgan fingerprint density at radius 3 is 2.71 bits per heavy atom. The van der Waals surface area contributed by atoms with Crippen LogP contribution in [0.4, 0.5) is 11.5 Å². The number of hydrogen-bond acceptors (Lipinski definition) is 7. The number of rotatable bonds is 7. The van der Waals surface area contributed by atoms with Crippen LogP contribution < -0.4 is 15.4 Å². The van der Waals surface area contributed by atoms with Gasteiger partial charge in [0.2, 0.25) is 0 Å². The van der Waals surface area contributed by atoms with Crippen molar-refractivity contribution in [2.45, 2.75) is 57.4 Å². The average Bonchev–Trinajstić information content (AvgIpc) is 3.62. The second-order valence-electron chi connectivity index (χ2n) is 9.15. The average molecular weight is 424 g/mol. The molecular formula is C24H33N5O2. The molecule has 1 saturated heterocycles. The molecule has 7 heteroatoms. The van der Waals surface area contributed by atoms with Gasteiger partial charge < -0.3 is 25.4 Å². The molecule has 1 aliphatic carbocycles. The molecule has 2 fully saturated rings. The molecule has 0 amide bonds. The van der Waals surface area contributed by atoms with Crippen LogP contribution >= 0.6 is 0 Å². The van der Waals surface area contributed by atoms with E-state index in [0.29, 0.717) is 36.6 Å². The number of aromatic nitrogens is 2. The lowest BCUT2D eigenvalue weighted by atomic mass is 10.0. The summed E-state index contributed by atoms with van der Waals surface area (Å²) in [5.74, 6) is 1.47. The maximum Gasteiger partial charge on any atom is 0.318 e. The highest BCUT2D eigenvalue weighted by Crippen LogP contribution is 2.43. The molecule has 5 rings (SSSR count). The Balaban J connectivity index is 1.23. The number of nitrogens with zero attached hydrogens (tertiary/aromatic N) is 4. The first-order valence-electron chi connectivity index (χ1n) is 11.7. The zero-order valence-corrected chi connectivity index (χ0v) is 18.2. The lowest BCUT2D eigenvalue weighted by Crippen LogP contribution is -2.32. The number of aromatic hydroxyl groups is 1. The Kier molecular flexibility index (Phi) is 5.85. The van der Waals surface area contributed by atoms with Crippen molar-refractivity contribution in [1.29, 1.82) is 0 Å². The van der Waals surface area contributed by atoms with Gasteiger partial charge in [-0.25, -0.2) is 0 Å². The number of nitrogen functional groups attached to an aromatic ring is 1. The van der Waals surface area contributed by atoms with Gasteiger partial charge in [-0.05, 0) is 75.2 Å². The summed E-state index contributed by atoms with van der Waals surface area (Å²) in [7, 11) is 0. The first-order valence-corrected chi connectivity index (χ1v) is 11.7. The lowest BCUT2D eigenvalue weighted by Gasteiger charge is -2.31. The largest absolute Gasteiger partial charge is 0.508 e. The monoisotopic (exact) mass is 423 g/mol. The van der Waals surface area contributed by atoms with E-state index in [1.54, 1.807) is 0 Å². The van der Waals surface area contributed by atoms with Crippen LogP contribution in [0.3, 0.4) is 0 Å². The number of ether oxygens (including phenoxy) is 1. The predicted molar refractivity (Wildman–Crippen MR) is 122 cm³/mol. The van der Waals surface area contributed by atoms with Gasteiger partial charge in [-0.2, -0.15) is 9.97 Å². The van der Waals surface area contributed by atoms with Crippen LogP contribution in [0.15, 0.2) is 18.2 Å². The molecule has 0 radical (unpaired) electrons. The van der Waals surface area contributed by atoms with E-state index in [9.17, 15) is 5.11 Å². The van der Waals surface area contributed by atoms with Crippen LogP contribution in [0.25, 0.3) is 0 Å². The Morgan fingerprint density at radius 2 is 1.90 bits per heavy atom. The first kappa shape index (κ1) is 20.4. The quantitative estimate of drug-likeness (QED) is 0.660. The van der Waals surface area contributed by atoms with Gasteiger partial charge in [0.1, 0.15) is 11.6 Å². The fourth-order valence-corrected chi connectivity index (χ4v) is 4.81. The molecule has 1 saturated carbocycles. The van der Waals surface area contributed by atoms with Crippen molar-refractivity contribution < 1.29 is 9.84 Å². The minimum Gasteiger partial charge on any atom is -0.508 e. The third-order valence-corrected chi connectivity index (χ3v) is 6.71. The van der Waals surface area contributed by atoms with Gasteiger partial charge in [0.05, 0.1) is 18.8 Å². The molecule has 2 aromatic rings. The van der Waals surface area contributed by atoms with E-state index in [-0.39, 0.29) is 0 Å². The molecule has 31 heavy (non-hydrogen) atoms. The molecule has 3 heterocycles. The van der Waals surface area contributed by atoms with Crippen molar-refractivity contribution in [3.05, 3.63) is 35.0 Å². The van der Waals surface area contributed by atoms with Crippen LogP contribution in [0.5, 0.6) is 11.8 Å². The normalized spacial score (nSPS) is 19.3. The number of likely N-dealkylation sites (tertiary alicyclic amines) is 1. The van der Waals surface area contributed by atoms with E-state index in [2.05, 4.69) is 20.9 Å². The predicted octanol–water partition coefficient (Wildman–Crippen LogP) is 3.46. The number of anilines is 2. The van der Waals surface area contributed by atoms with Crippen molar-refractivity contribution in [2.24, 2.45) is 0 Å². The Bertz CT molecular complexity index is 924. The summed E-state index contributed by atoms with van der Waals surface area (Å²) in [4.78, 5) is 13.9. The summed E-state index contributed by atoms with van der Waals surface area (Å²) in [6, 6.07) is 6.34. The maximum atomic E-state index is 10.2. The van der Waals surface area contributed by atoms with Crippen molar-refractivity contribution in [3.63, 3.8) is 0 Å². The van der Waals surface area contributed by atoms with Gasteiger partial charge in [-0.3, -0.25) is 0 Å². The van der Waals surface area contributed by atoms with E-state index in [1.165, 1.54) is 50.8 Å². The van der Waals surface area contributed by atoms with Crippen molar-refractivity contribution >= 4 is 11.5 Å². The zero-order chi connectivity index (χ0) is 21.2. The highest BCUT2D eigenvalue weighted by molar-refractivity contribution is 5.57. The van der Waals surface area contributed by atoms with Gasteiger partial charge in [-0.15, -0.1) is 0 Å². The van der Waals surface area contributed by atoms with Crippen LogP contribution in [0, 0.1) is 0 Å². The van der Waals surface area contributed by atoms with E-state index < -0.39 is 0 Å². The first-order chi connectivity index (χ1) is 15.2. The van der Waals surface area contributed by atoms with Crippen LogP contribution in [0.2, 0.25) is 0 Å². The number of phenols is 1. The van der Waals surface area contributed by atoms with Crippen LogP contribution in [0.1, 0.15) is 61.3 Å². The van der Waals surface area contributed by atoms with Crippen molar-refractivity contribution in [3.8, 4) is 11.8 Å². The van der Waals surface area contributed by atoms with Crippen molar-refractivity contribution in [1.82, 2.24) is 14.9 Å². The molecule has 0 bridgehead atoms. The van der Waals surface area contributed by atoms with E-state index in [0.717, 1.165) is 42.9 Å². The highest BCUT2D eigenvalue weighted by Gasteiger charge is 2.27. The number of nitrogens with two attached hydrogens (primary N) is 1. The summed E-state index contributed by atoms with van der Waals surface area (Å²) in [6.45, 7) is 5.57. The SMILES string of the molecule is Nc1nc(OCCCN2CCCCC2)nc2c1CCN(c1cc(O)cc(C3CC3)c1)C2. The summed E-state index contributed by atoms with van der Waals surface area (Å²) >= 11 is 0. The molecule has 1 aromatic heterocycles. The molecule has 7 nitrogen and oxygen atoms in total. The molecule has 166 valence electrons. The Labute approximate surface area is 184 Å². The number of phenolic OH excluding ortho intramolecular Hbond substituents is 1. The lowest BCUT2D eigenvalue weighted by molar-refractivity contribution is 0.200. The molecular weight excluding hydrogens is 390 g/mol. The molecule has 1 aromatic carbocycles. The molecule has 3 N–H and O–H groups in total. The molecule has 2 aliphatic heterocycles. The maximum absolute atomic E-state index is 10.2. The molecule has 3 aliphatic rings. The number of piperidine rings is 1. The highest BCUT2D eigenvalue weighted by atomic mass is 16.5. The zero-order valence-electron chi connectivity index (χ0n) is 18.2. The fraction of sp³-hybridized carbons (Fsp3) is 0.583. The van der Waals surface area contributed by atoms with Crippen LogP contribution in [-0.4, -0.2) is 52.8 Å².